The Hall–Kier alpha value is -0.703. The monoisotopic (exact) mass is 364 g/mol. The van der Waals surface area contributed by atoms with Crippen molar-refractivity contribution in [2.24, 2.45) is 5.92 Å². The van der Waals surface area contributed by atoms with Crippen LogP contribution < -0.4 is 0 Å². The zero-order valence-corrected chi connectivity index (χ0v) is 16.9. The highest BCUT2D eigenvalue weighted by Gasteiger charge is 2.32. The largest absolute Gasteiger partial charge is 0.204 e. The van der Waals surface area contributed by atoms with E-state index in [9.17, 15) is 8.78 Å². The van der Waals surface area contributed by atoms with Crippen molar-refractivity contribution in [1.29, 1.82) is 0 Å². The van der Waals surface area contributed by atoms with Gasteiger partial charge in [-0.1, -0.05) is 76.4 Å². The summed E-state index contributed by atoms with van der Waals surface area (Å²) in [6, 6.07) is 7.35. The van der Waals surface area contributed by atoms with Crippen LogP contribution in [0.5, 0.6) is 0 Å². The van der Waals surface area contributed by atoms with E-state index >= 15 is 0 Å². The van der Waals surface area contributed by atoms with Crippen molar-refractivity contribution in [3.63, 3.8) is 0 Å². The van der Waals surface area contributed by atoms with Crippen LogP contribution in [0, 0.1) is 17.6 Å². The summed E-state index contributed by atoms with van der Waals surface area (Å²) in [6.07, 6.45) is 14.0. The number of hydrogen-bond donors (Lipinski definition) is 0. The van der Waals surface area contributed by atoms with Gasteiger partial charge in [0.1, 0.15) is 0 Å². The predicted octanol–water partition coefficient (Wildman–Crippen LogP) is 7.21. The zero-order valence-electron chi connectivity index (χ0n) is 15.8. The van der Waals surface area contributed by atoms with Crippen LogP contribution in [0.3, 0.4) is 0 Å². The summed E-state index contributed by atoms with van der Waals surface area (Å²) in [5.74, 6) is 0.0698. The van der Waals surface area contributed by atoms with Gasteiger partial charge >= 0.3 is 0 Å². The normalized spacial score (nSPS) is 30.4. The third kappa shape index (κ3) is 5.15. The SMILES string of the molecule is CCCCC[C@H]1CC[C@H]([SiH]2CCC(c3ccc(F)c(F)c3)CC2)CC1. The minimum atomic E-state index is -0.720. The van der Waals surface area contributed by atoms with E-state index in [1.807, 2.05) is 0 Å². The quantitative estimate of drug-likeness (QED) is 0.369. The predicted molar refractivity (Wildman–Crippen MR) is 105 cm³/mol. The molecule has 0 nitrogen and oxygen atoms in total. The van der Waals surface area contributed by atoms with Gasteiger partial charge in [0.15, 0.2) is 11.6 Å². The molecule has 3 rings (SSSR count). The Morgan fingerprint density at radius 1 is 0.920 bits per heavy atom. The van der Waals surface area contributed by atoms with Crippen molar-refractivity contribution in [2.45, 2.75) is 94.7 Å². The Kier molecular flexibility index (Phi) is 7.09. The molecular formula is C22H34F2Si. The lowest BCUT2D eigenvalue weighted by atomic mass is 9.85. The Balaban J connectivity index is 1.43. The molecule has 0 N–H and O–H groups in total. The maximum absolute atomic E-state index is 13.5. The van der Waals surface area contributed by atoms with E-state index in [-0.39, 0.29) is 0 Å². The van der Waals surface area contributed by atoms with Crippen LogP contribution in [-0.2, 0) is 0 Å². The van der Waals surface area contributed by atoms with Crippen molar-refractivity contribution in [1.82, 2.24) is 0 Å². The summed E-state index contributed by atoms with van der Waals surface area (Å²) < 4.78 is 26.6. The Bertz CT molecular complexity index is 529. The highest BCUT2D eigenvalue weighted by atomic mass is 28.3. The van der Waals surface area contributed by atoms with Gasteiger partial charge in [0, 0.05) is 8.80 Å². The van der Waals surface area contributed by atoms with E-state index in [1.165, 1.54) is 88.4 Å². The fourth-order valence-corrected chi connectivity index (χ4v) is 9.54. The first-order chi connectivity index (χ1) is 12.2. The van der Waals surface area contributed by atoms with Crippen molar-refractivity contribution in [3.8, 4) is 0 Å². The standard InChI is InChI=1S/C22H34F2Si/c1-2-3-4-5-17-6-9-20(10-7-17)25-14-12-18(13-15-25)19-8-11-21(23)22(24)16-19/h8,11,16-18,20,25H,2-7,9-10,12-15H2,1H3/t17-,18?,20-,25?. The highest BCUT2D eigenvalue weighted by molar-refractivity contribution is 6.60. The van der Waals surface area contributed by atoms with Crippen LogP contribution in [0.2, 0.25) is 17.6 Å². The molecule has 25 heavy (non-hydrogen) atoms. The van der Waals surface area contributed by atoms with Crippen molar-refractivity contribution in [3.05, 3.63) is 35.4 Å². The van der Waals surface area contributed by atoms with E-state index in [4.69, 9.17) is 0 Å². The van der Waals surface area contributed by atoms with Gasteiger partial charge in [-0.2, -0.15) is 0 Å². The van der Waals surface area contributed by atoms with Gasteiger partial charge in [0.05, 0.1) is 0 Å². The number of rotatable bonds is 6. The maximum Gasteiger partial charge on any atom is 0.159 e. The van der Waals surface area contributed by atoms with Gasteiger partial charge in [0.25, 0.3) is 0 Å². The molecule has 2 fully saturated rings. The number of hydrogen-bond acceptors (Lipinski definition) is 0. The number of unbranched alkanes of at least 4 members (excludes halogenated alkanes) is 2. The van der Waals surface area contributed by atoms with Crippen LogP contribution in [-0.4, -0.2) is 8.80 Å². The Morgan fingerprint density at radius 3 is 2.28 bits per heavy atom. The molecule has 1 aliphatic carbocycles. The van der Waals surface area contributed by atoms with E-state index < -0.39 is 20.4 Å². The molecule has 1 aromatic carbocycles. The lowest BCUT2D eigenvalue weighted by Gasteiger charge is -2.37. The first-order valence-electron chi connectivity index (χ1n) is 10.6. The van der Waals surface area contributed by atoms with Gasteiger partial charge in [-0.05, 0) is 47.9 Å². The molecule has 0 bridgehead atoms. The highest BCUT2D eigenvalue weighted by Crippen LogP contribution is 2.44. The van der Waals surface area contributed by atoms with Crippen LogP contribution >= 0.6 is 0 Å². The second kappa shape index (κ2) is 9.30. The van der Waals surface area contributed by atoms with Crippen molar-refractivity contribution >= 4 is 8.80 Å². The third-order valence-corrected chi connectivity index (χ3v) is 11.1. The molecule has 3 heteroatoms. The first kappa shape index (κ1) is 19.1. The minimum absolute atomic E-state index is 0.462. The van der Waals surface area contributed by atoms with Crippen LogP contribution in [0.25, 0.3) is 0 Å². The average molecular weight is 365 g/mol. The molecule has 2 aliphatic rings. The Labute approximate surface area is 154 Å². The summed E-state index contributed by atoms with van der Waals surface area (Å²) in [7, 11) is -0.620. The molecule has 0 spiro atoms. The van der Waals surface area contributed by atoms with Crippen molar-refractivity contribution in [2.75, 3.05) is 0 Å². The van der Waals surface area contributed by atoms with Gasteiger partial charge < -0.3 is 0 Å². The summed E-state index contributed by atoms with van der Waals surface area (Å²) in [6.45, 7) is 2.29. The average Bonchev–Trinajstić information content (AvgIpc) is 2.65. The van der Waals surface area contributed by atoms with E-state index in [2.05, 4.69) is 6.92 Å². The smallest absolute Gasteiger partial charge is 0.159 e. The van der Waals surface area contributed by atoms with Crippen molar-refractivity contribution < 1.29 is 8.78 Å². The molecule has 0 radical (unpaired) electrons. The lowest BCUT2D eigenvalue weighted by molar-refractivity contribution is 0.325. The molecular weight excluding hydrogens is 330 g/mol. The third-order valence-electron chi connectivity index (χ3n) is 6.96. The van der Waals surface area contributed by atoms with Crippen LogP contribution in [0.4, 0.5) is 8.78 Å². The lowest BCUT2D eigenvalue weighted by Crippen LogP contribution is -2.29. The summed E-state index contributed by atoms with van der Waals surface area (Å²) in [5.41, 5.74) is 2.08. The van der Waals surface area contributed by atoms with Crippen LogP contribution in [0.15, 0.2) is 18.2 Å². The number of halogens is 2. The second-order valence-electron chi connectivity index (χ2n) is 8.56. The van der Waals surface area contributed by atoms with Gasteiger partial charge in [-0.15, -0.1) is 0 Å². The van der Waals surface area contributed by atoms with Gasteiger partial charge in [-0.3, -0.25) is 0 Å². The first-order valence-corrected chi connectivity index (χ1v) is 12.9. The molecule has 1 saturated carbocycles. The fraction of sp³-hybridized carbons (Fsp3) is 0.727. The summed E-state index contributed by atoms with van der Waals surface area (Å²) in [5, 5.41) is 0. The number of benzene rings is 1. The molecule has 1 heterocycles. The summed E-state index contributed by atoms with van der Waals surface area (Å²) in [4.78, 5) is 0. The van der Waals surface area contributed by atoms with Gasteiger partial charge in [0.2, 0.25) is 0 Å². The Morgan fingerprint density at radius 2 is 1.64 bits per heavy atom. The topological polar surface area (TPSA) is 0 Å². The summed E-state index contributed by atoms with van der Waals surface area (Å²) >= 11 is 0. The molecule has 0 atom stereocenters. The van der Waals surface area contributed by atoms with E-state index in [0.29, 0.717) is 5.92 Å². The molecule has 1 aromatic rings. The maximum atomic E-state index is 13.5. The molecule has 1 saturated heterocycles. The van der Waals surface area contributed by atoms with E-state index in [0.717, 1.165) is 17.0 Å². The molecule has 1 aliphatic heterocycles. The molecule has 0 amide bonds. The van der Waals surface area contributed by atoms with E-state index in [1.54, 1.807) is 6.07 Å². The van der Waals surface area contributed by atoms with Gasteiger partial charge in [-0.25, -0.2) is 8.78 Å². The molecule has 0 aromatic heterocycles. The fourth-order valence-electron chi connectivity index (χ4n) is 5.32. The second-order valence-corrected chi connectivity index (χ2v) is 12.2. The molecule has 0 unspecified atom stereocenters. The van der Waals surface area contributed by atoms with Crippen LogP contribution in [0.1, 0.15) is 82.6 Å². The minimum Gasteiger partial charge on any atom is -0.204 e. The molecule has 140 valence electrons. The zero-order chi connectivity index (χ0) is 17.6.